The topological polar surface area (TPSA) is 84.9 Å². The molecule has 184 valence electrons. The number of hydrogen-bond acceptors (Lipinski definition) is 5. The largest absolute Gasteiger partial charge is 0.491 e. The van der Waals surface area contributed by atoms with Crippen molar-refractivity contribution in [3.8, 4) is 5.75 Å². The highest BCUT2D eigenvalue weighted by atomic mass is 19.4. The third-order valence-corrected chi connectivity index (χ3v) is 5.52. The molecule has 10 heteroatoms. The second kappa shape index (κ2) is 8.90. The number of fused-ring (bicyclic) bond motifs is 1. The smallest absolute Gasteiger partial charge is 0.426 e. The molecule has 1 unspecified atom stereocenters. The molecule has 0 saturated heterocycles. The lowest BCUT2D eigenvalue weighted by Gasteiger charge is -2.37. The molecule has 0 radical (unpaired) electrons. The molecule has 2 N–H and O–H groups in total. The number of hydrogen-bond donors (Lipinski definition) is 2. The molecular formula is C24H25F4NO5. The van der Waals surface area contributed by atoms with Gasteiger partial charge in [-0.3, -0.25) is 4.79 Å². The lowest BCUT2D eigenvalue weighted by molar-refractivity contribution is -0.254. The molecule has 0 bridgehead atoms. The number of amides is 1. The van der Waals surface area contributed by atoms with Crippen LogP contribution in [0.15, 0.2) is 36.4 Å². The van der Waals surface area contributed by atoms with Crippen LogP contribution in [0.3, 0.4) is 0 Å². The molecule has 0 aliphatic carbocycles. The van der Waals surface area contributed by atoms with E-state index in [0.717, 1.165) is 12.1 Å². The first-order valence-electron chi connectivity index (χ1n) is 10.5. The first-order chi connectivity index (χ1) is 15.6. The van der Waals surface area contributed by atoms with E-state index in [9.17, 15) is 32.3 Å². The molecule has 2 aromatic rings. The summed E-state index contributed by atoms with van der Waals surface area (Å²) in [7, 11) is 0. The van der Waals surface area contributed by atoms with Crippen LogP contribution in [-0.2, 0) is 21.6 Å². The van der Waals surface area contributed by atoms with E-state index in [1.54, 1.807) is 13.8 Å². The van der Waals surface area contributed by atoms with Crippen molar-refractivity contribution in [2.24, 2.45) is 0 Å². The fourth-order valence-corrected chi connectivity index (χ4v) is 3.88. The maximum absolute atomic E-state index is 14.1. The van der Waals surface area contributed by atoms with Crippen molar-refractivity contribution < 1.29 is 41.7 Å². The van der Waals surface area contributed by atoms with Gasteiger partial charge in [-0.2, -0.15) is 13.2 Å². The van der Waals surface area contributed by atoms with E-state index in [4.69, 9.17) is 9.47 Å². The summed E-state index contributed by atoms with van der Waals surface area (Å²) >= 11 is 0. The number of esters is 1. The van der Waals surface area contributed by atoms with Crippen molar-refractivity contribution >= 4 is 17.6 Å². The fraction of sp³-hybridized carbons (Fsp3) is 0.417. The highest BCUT2D eigenvalue weighted by Gasteiger charge is 2.61. The Hall–Kier alpha value is -3.14. The van der Waals surface area contributed by atoms with Crippen molar-refractivity contribution in [2.75, 3.05) is 5.32 Å². The molecule has 0 spiro atoms. The van der Waals surface area contributed by atoms with Gasteiger partial charge in [0.05, 0.1) is 11.7 Å². The molecule has 0 saturated carbocycles. The fourth-order valence-electron chi connectivity index (χ4n) is 3.88. The Bertz CT molecular complexity index is 1110. The lowest BCUT2D eigenvalue weighted by Crippen LogP contribution is -2.57. The highest BCUT2D eigenvalue weighted by molar-refractivity contribution is 5.99. The molecule has 34 heavy (non-hydrogen) atoms. The van der Waals surface area contributed by atoms with Crippen LogP contribution in [0.2, 0.25) is 0 Å². The standard InChI is InChI=1S/C24H25F4NO5/c1-13(2)34-19-8-5-15(25)10-18(19)22(3,4)12-23(32,24(26,27)28)21(31)29-16-6-7-17-14(9-16)11-33-20(17)30/h5-10,13,32H,11-12H2,1-4H3,(H,29,31). The number of nitrogens with one attached hydrogen (secondary N) is 1. The van der Waals surface area contributed by atoms with Crippen LogP contribution >= 0.6 is 0 Å². The number of carbonyl (C=O) groups excluding carboxylic acids is 2. The van der Waals surface area contributed by atoms with Gasteiger partial charge in [-0.15, -0.1) is 0 Å². The van der Waals surface area contributed by atoms with Crippen LogP contribution in [0.1, 0.15) is 55.6 Å². The van der Waals surface area contributed by atoms with Gasteiger partial charge in [0.25, 0.3) is 5.91 Å². The molecule has 3 rings (SSSR count). The lowest BCUT2D eigenvalue weighted by atomic mass is 9.74. The molecule has 2 aromatic carbocycles. The van der Waals surface area contributed by atoms with Gasteiger partial charge in [-0.1, -0.05) is 13.8 Å². The minimum absolute atomic E-state index is 0.0443. The van der Waals surface area contributed by atoms with Crippen molar-refractivity contribution in [1.82, 2.24) is 0 Å². The summed E-state index contributed by atoms with van der Waals surface area (Å²) in [6, 6.07) is 7.31. The summed E-state index contributed by atoms with van der Waals surface area (Å²) in [4.78, 5) is 24.4. The van der Waals surface area contributed by atoms with E-state index in [-0.39, 0.29) is 35.3 Å². The predicted molar refractivity (Wildman–Crippen MR) is 115 cm³/mol. The zero-order chi connectivity index (χ0) is 25.5. The quantitative estimate of drug-likeness (QED) is 0.433. The summed E-state index contributed by atoms with van der Waals surface area (Å²) in [6.07, 6.45) is -6.81. The van der Waals surface area contributed by atoms with Crippen LogP contribution in [0.4, 0.5) is 23.2 Å². The average Bonchev–Trinajstić information content (AvgIpc) is 3.08. The zero-order valence-electron chi connectivity index (χ0n) is 19.0. The summed E-state index contributed by atoms with van der Waals surface area (Å²) in [5.41, 5.74) is -4.68. The number of halogens is 4. The highest BCUT2D eigenvalue weighted by Crippen LogP contribution is 2.44. The van der Waals surface area contributed by atoms with Crippen molar-refractivity contribution in [1.29, 1.82) is 0 Å². The van der Waals surface area contributed by atoms with Gasteiger partial charge >= 0.3 is 12.1 Å². The number of carbonyl (C=O) groups is 2. The first kappa shape index (κ1) is 25.5. The Morgan fingerprint density at radius 3 is 2.47 bits per heavy atom. The molecule has 1 aliphatic heterocycles. The Labute approximate surface area is 193 Å². The number of benzene rings is 2. The molecule has 1 amide bonds. The molecule has 0 aromatic heterocycles. The molecule has 1 heterocycles. The minimum Gasteiger partial charge on any atom is -0.491 e. The Morgan fingerprint density at radius 2 is 1.85 bits per heavy atom. The summed E-state index contributed by atoms with van der Waals surface area (Å²) < 4.78 is 66.7. The Kier molecular flexibility index (Phi) is 6.67. The third-order valence-electron chi connectivity index (χ3n) is 5.52. The monoisotopic (exact) mass is 483 g/mol. The van der Waals surface area contributed by atoms with E-state index >= 15 is 0 Å². The second-order valence-corrected chi connectivity index (χ2v) is 9.13. The molecule has 1 aliphatic rings. The van der Waals surface area contributed by atoms with Gasteiger partial charge in [0.2, 0.25) is 5.60 Å². The second-order valence-electron chi connectivity index (χ2n) is 9.13. The normalized spacial score (nSPS) is 15.5. The molecule has 0 fully saturated rings. The predicted octanol–water partition coefficient (Wildman–Crippen LogP) is 4.88. The van der Waals surface area contributed by atoms with E-state index < -0.39 is 41.3 Å². The van der Waals surface area contributed by atoms with Crippen LogP contribution < -0.4 is 10.1 Å². The zero-order valence-corrected chi connectivity index (χ0v) is 19.0. The maximum Gasteiger partial charge on any atom is 0.426 e. The van der Waals surface area contributed by atoms with Crippen molar-refractivity contribution in [3.63, 3.8) is 0 Å². The van der Waals surface area contributed by atoms with E-state index in [1.807, 2.05) is 0 Å². The van der Waals surface area contributed by atoms with Crippen LogP contribution in [0.25, 0.3) is 0 Å². The van der Waals surface area contributed by atoms with Gasteiger partial charge in [-0.25, -0.2) is 9.18 Å². The number of alkyl halides is 3. The van der Waals surface area contributed by atoms with Gasteiger partial charge in [0.15, 0.2) is 0 Å². The molecule has 6 nitrogen and oxygen atoms in total. The van der Waals surface area contributed by atoms with Crippen molar-refractivity contribution in [2.45, 2.75) is 64.0 Å². The summed E-state index contributed by atoms with van der Waals surface area (Å²) in [5.74, 6) is -2.83. The molecular weight excluding hydrogens is 458 g/mol. The van der Waals surface area contributed by atoms with Crippen LogP contribution in [-0.4, -0.2) is 34.9 Å². The number of rotatable bonds is 7. The average molecular weight is 483 g/mol. The Morgan fingerprint density at radius 1 is 1.18 bits per heavy atom. The minimum atomic E-state index is -5.35. The Balaban J connectivity index is 1.94. The van der Waals surface area contributed by atoms with E-state index in [2.05, 4.69) is 5.32 Å². The van der Waals surface area contributed by atoms with Gasteiger partial charge in [0, 0.05) is 23.2 Å². The third kappa shape index (κ3) is 5.01. The molecule has 1 atom stereocenters. The van der Waals surface area contributed by atoms with E-state index in [1.165, 1.54) is 38.1 Å². The van der Waals surface area contributed by atoms with Gasteiger partial charge in [-0.05, 0) is 55.7 Å². The number of aliphatic hydroxyl groups is 1. The summed E-state index contributed by atoms with van der Waals surface area (Å²) in [5, 5.41) is 12.8. The number of ether oxygens (including phenoxy) is 2. The SMILES string of the molecule is CC(C)Oc1ccc(F)cc1C(C)(C)CC(O)(C(=O)Nc1ccc2c(c1)COC2=O)C(F)(F)F. The van der Waals surface area contributed by atoms with E-state index in [0.29, 0.717) is 5.56 Å². The summed E-state index contributed by atoms with van der Waals surface area (Å²) in [6.45, 7) is 6.05. The maximum atomic E-state index is 14.1. The number of cyclic esters (lactones) is 1. The van der Waals surface area contributed by atoms with Crippen molar-refractivity contribution in [3.05, 3.63) is 58.9 Å². The van der Waals surface area contributed by atoms with Gasteiger partial charge in [0.1, 0.15) is 18.2 Å². The first-order valence-corrected chi connectivity index (χ1v) is 10.5. The van der Waals surface area contributed by atoms with Gasteiger partial charge < -0.3 is 19.9 Å². The van der Waals surface area contributed by atoms with Crippen LogP contribution in [0, 0.1) is 5.82 Å². The van der Waals surface area contributed by atoms with Crippen LogP contribution in [0.5, 0.6) is 5.75 Å². The number of anilines is 1.